The van der Waals surface area contributed by atoms with Crippen LogP contribution in [0.1, 0.15) is 23.2 Å². The first kappa shape index (κ1) is 13.7. The molecule has 0 aliphatic carbocycles. The summed E-state index contributed by atoms with van der Waals surface area (Å²) in [5.41, 5.74) is -0.208. The van der Waals surface area contributed by atoms with Crippen LogP contribution in [0.2, 0.25) is 0 Å². The molecule has 1 aliphatic heterocycles. The van der Waals surface area contributed by atoms with Crippen LogP contribution in [0.15, 0.2) is 12.1 Å². The zero-order valence-corrected chi connectivity index (χ0v) is 10.5. The van der Waals surface area contributed by atoms with Crippen LogP contribution in [-0.2, 0) is 9.47 Å². The van der Waals surface area contributed by atoms with Gasteiger partial charge in [0, 0.05) is 18.7 Å². The van der Waals surface area contributed by atoms with Gasteiger partial charge in [-0.1, -0.05) is 0 Å². The highest BCUT2D eigenvalue weighted by Crippen LogP contribution is 2.22. The summed E-state index contributed by atoms with van der Waals surface area (Å²) in [6.07, 6.45) is 1.72. The third-order valence-electron chi connectivity index (χ3n) is 2.98. The van der Waals surface area contributed by atoms with Gasteiger partial charge in [-0.05, 0) is 18.9 Å². The van der Waals surface area contributed by atoms with Crippen molar-refractivity contribution in [3.63, 3.8) is 0 Å². The highest BCUT2D eigenvalue weighted by molar-refractivity contribution is 5.90. The largest absolute Gasteiger partial charge is 0.465 e. The summed E-state index contributed by atoms with van der Waals surface area (Å²) in [6.45, 7) is 1.15. The normalized spacial score (nSPS) is 19.0. The van der Waals surface area contributed by atoms with Gasteiger partial charge in [-0.25, -0.2) is 13.6 Å². The number of benzene rings is 1. The van der Waals surface area contributed by atoms with Crippen molar-refractivity contribution in [2.45, 2.75) is 18.9 Å². The van der Waals surface area contributed by atoms with Gasteiger partial charge in [0.05, 0.1) is 25.0 Å². The number of anilines is 1. The summed E-state index contributed by atoms with van der Waals surface area (Å²) in [7, 11) is 1.15. The standard InChI is InChI=1S/C13H15F2NO3/c1-18-13(17)9-5-12(11(15)6-10(9)14)16-8-3-2-4-19-7-8/h5-6,8,16H,2-4,7H2,1H3. The second kappa shape index (κ2) is 5.97. The molecular weight excluding hydrogens is 256 g/mol. The van der Waals surface area contributed by atoms with Crippen LogP contribution >= 0.6 is 0 Å². The number of methoxy groups -OCH3 is 1. The Labute approximate surface area is 109 Å². The first-order valence-electron chi connectivity index (χ1n) is 6.03. The minimum atomic E-state index is -0.935. The van der Waals surface area contributed by atoms with Gasteiger partial charge < -0.3 is 14.8 Å². The summed E-state index contributed by atoms with van der Waals surface area (Å²) in [5, 5.41) is 2.92. The van der Waals surface area contributed by atoms with Crippen molar-refractivity contribution in [3.05, 3.63) is 29.3 Å². The minimum absolute atomic E-state index is 0.0424. The van der Waals surface area contributed by atoms with Crippen LogP contribution in [0, 0.1) is 11.6 Å². The Kier molecular flexibility index (Phi) is 4.31. The van der Waals surface area contributed by atoms with E-state index in [0.29, 0.717) is 19.3 Å². The fourth-order valence-electron chi connectivity index (χ4n) is 2.00. The maximum absolute atomic E-state index is 13.7. The fraction of sp³-hybridized carbons (Fsp3) is 0.462. The van der Waals surface area contributed by atoms with E-state index in [4.69, 9.17) is 4.74 Å². The Hall–Kier alpha value is -1.69. The number of hydrogen-bond donors (Lipinski definition) is 1. The molecule has 1 atom stereocenters. The molecule has 1 heterocycles. The molecule has 1 saturated heterocycles. The van der Waals surface area contributed by atoms with Crippen LogP contribution in [0.4, 0.5) is 14.5 Å². The third kappa shape index (κ3) is 3.20. The summed E-state index contributed by atoms with van der Waals surface area (Å²) >= 11 is 0. The second-order valence-corrected chi connectivity index (χ2v) is 4.36. The van der Waals surface area contributed by atoms with E-state index in [1.165, 1.54) is 0 Å². The van der Waals surface area contributed by atoms with Crippen LogP contribution in [0.5, 0.6) is 0 Å². The molecule has 1 unspecified atom stereocenters. The Balaban J connectivity index is 2.21. The monoisotopic (exact) mass is 271 g/mol. The highest BCUT2D eigenvalue weighted by Gasteiger charge is 2.19. The van der Waals surface area contributed by atoms with Crippen molar-refractivity contribution in [2.75, 3.05) is 25.6 Å². The lowest BCUT2D eigenvalue weighted by Gasteiger charge is -2.24. The molecule has 0 amide bonds. The molecule has 104 valence electrons. The zero-order valence-electron chi connectivity index (χ0n) is 10.5. The van der Waals surface area contributed by atoms with Crippen LogP contribution in [0.3, 0.4) is 0 Å². The maximum atomic E-state index is 13.7. The van der Waals surface area contributed by atoms with E-state index in [1.807, 2.05) is 0 Å². The molecule has 1 aliphatic rings. The molecule has 1 fully saturated rings. The number of halogens is 2. The molecule has 0 saturated carbocycles. The lowest BCUT2D eigenvalue weighted by atomic mass is 10.1. The molecular formula is C13H15F2NO3. The predicted molar refractivity (Wildman–Crippen MR) is 65.2 cm³/mol. The lowest BCUT2D eigenvalue weighted by molar-refractivity contribution is 0.0595. The van der Waals surface area contributed by atoms with E-state index in [9.17, 15) is 13.6 Å². The zero-order chi connectivity index (χ0) is 13.8. The topological polar surface area (TPSA) is 47.6 Å². The molecule has 4 nitrogen and oxygen atoms in total. The van der Waals surface area contributed by atoms with Crippen molar-refractivity contribution in [3.8, 4) is 0 Å². The Morgan fingerprint density at radius 1 is 1.42 bits per heavy atom. The summed E-state index contributed by atoms with van der Waals surface area (Å²) in [4.78, 5) is 11.4. The van der Waals surface area contributed by atoms with Gasteiger partial charge in [0.1, 0.15) is 11.6 Å². The Morgan fingerprint density at radius 3 is 2.84 bits per heavy atom. The van der Waals surface area contributed by atoms with E-state index < -0.39 is 17.6 Å². The van der Waals surface area contributed by atoms with Crippen LogP contribution < -0.4 is 5.32 Å². The number of nitrogens with one attached hydrogen (secondary N) is 1. The molecule has 1 aromatic carbocycles. The van der Waals surface area contributed by atoms with Crippen molar-refractivity contribution in [1.29, 1.82) is 0 Å². The van der Waals surface area contributed by atoms with E-state index in [0.717, 1.165) is 26.0 Å². The molecule has 19 heavy (non-hydrogen) atoms. The van der Waals surface area contributed by atoms with Gasteiger partial charge in [0.15, 0.2) is 0 Å². The summed E-state index contributed by atoms with van der Waals surface area (Å²) < 4.78 is 36.8. The van der Waals surface area contributed by atoms with Gasteiger partial charge in [-0.2, -0.15) is 0 Å². The van der Waals surface area contributed by atoms with Gasteiger partial charge in [-0.3, -0.25) is 0 Å². The number of rotatable bonds is 3. The van der Waals surface area contributed by atoms with Gasteiger partial charge in [-0.15, -0.1) is 0 Å². The average molecular weight is 271 g/mol. The van der Waals surface area contributed by atoms with Crippen molar-refractivity contribution < 1.29 is 23.0 Å². The number of carbonyl (C=O) groups excluding carboxylic acids is 1. The number of carbonyl (C=O) groups is 1. The summed E-state index contributed by atoms with van der Waals surface area (Å²) in [6, 6.07) is 1.77. The van der Waals surface area contributed by atoms with Gasteiger partial charge in [0.2, 0.25) is 0 Å². The quantitative estimate of drug-likeness (QED) is 0.857. The average Bonchev–Trinajstić information content (AvgIpc) is 2.42. The fourth-order valence-corrected chi connectivity index (χ4v) is 2.00. The van der Waals surface area contributed by atoms with E-state index in [-0.39, 0.29) is 17.3 Å². The molecule has 6 heteroatoms. The number of esters is 1. The molecule has 0 bridgehead atoms. The van der Waals surface area contributed by atoms with Crippen molar-refractivity contribution >= 4 is 11.7 Å². The molecule has 1 aromatic rings. The maximum Gasteiger partial charge on any atom is 0.340 e. The minimum Gasteiger partial charge on any atom is -0.465 e. The van der Waals surface area contributed by atoms with Gasteiger partial charge >= 0.3 is 5.97 Å². The number of hydrogen-bond acceptors (Lipinski definition) is 4. The van der Waals surface area contributed by atoms with Crippen molar-refractivity contribution in [1.82, 2.24) is 0 Å². The summed E-state index contributed by atoms with van der Waals surface area (Å²) in [5.74, 6) is -2.51. The highest BCUT2D eigenvalue weighted by atomic mass is 19.1. The second-order valence-electron chi connectivity index (χ2n) is 4.36. The molecule has 1 N–H and O–H groups in total. The molecule has 0 spiro atoms. The van der Waals surface area contributed by atoms with Gasteiger partial charge in [0.25, 0.3) is 0 Å². The van der Waals surface area contributed by atoms with Crippen molar-refractivity contribution in [2.24, 2.45) is 0 Å². The van der Waals surface area contributed by atoms with E-state index in [2.05, 4.69) is 10.1 Å². The first-order chi connectivity index (χ1) is 9.11. The predicted octanol–water partition coefficient (Wildman–Crippen LogP) is 2.34. The van der Waals surface area contributed by atoms with Crippen LogP contribution in [-0.4, -0.2) is 32.3 Å². The Bertz CT molecular complexity index is 473. The third-order valence-corrected chi connectivity index (χ3v) is 2.98. The van der Waals surface area contributed by atoms with Crippen LogP contribution in [0.25, 0.3) is 0 Å². The van der Waals surface area contributed by atoms with E-state index >= 15 is 0 Å². The molecule has 2 rings (SSSR count). The molecule has 0 aromatic heterocycles. The number of ether oxygens (including phenoxy) is 2. The first-order valence-corrected chi connectivity index (χ1v) is 6.03. The molecule has 0 radical (unpaired) electrons. The smallest absolute Gasteiger partial charge is 0.340 e. The Morgan fingerprint density at radius 2 is 2.21 bits per heavy atom. The lowest BCUT2D eigenvalue weighted by Crippen LogP contribution is -2.30. The van der Waals surface area contributed by atoms with E-state index in [1.54, 1.807) is 0 Å². The SMILES string of the molecule is COC(=O)c1cc(NC2CCCOC2)c(F)cc1F.